The number of aldehydes is 1. The van der Waals surface area contributed by atoms with Gasteiger partial charge in [0.15, 0.2) is 6.29 Å². The van der Waals surface area contributed by atoms with Gasteiger partial charge in [-0.15, -0.1) is 0 Å². The zero-order valence-corrected chi connectivity index (χ0v) is 12.3. The lowest BCUT2D eigenvalue weighted by molar-refractivity contribution is 0.112. The van der Waals surface area contributed by atoms with E-state index in [1.165, 1.54) is 6.07 Å². The number of rotatable bonds is 4. The van der Waals surface area contributed by atoms with Gasteiger partial charge in [0.05, 0.1) is 16.9 Å². The van der Waals surface area contributed by atoms with E-state index in [-0.39, 0.29) is 11.3 Å². The van der Waals surface area contributed by atoms with Gasteiger partial charge in [-0.05, 0) is 47.5 Å². The maximum absolute atomic E-state index is 10.9. The second-order valence-corrected chi connectivity index (χ2v) is 4.97. The SMILES string of the molecule is O=Cc1cc(-c2ccc(N=Nc3ccccc3)cc2)ccc1O. The molecule has 4 heteroatoms. The summed E-state index contributed by atoms with van der Waals surface area (Å²) < 4.78 is 0. The van der Waals surface area contributed by atoms with Gasteiger partial charge in [0.25, 0.3) is 0 Å². The number of nitrogens with zero attached hydrogens (tertiary/aromatic N) is 2. The molecule has 4 nitrogen and oxygen atoms in total. The molecule has 0 saturated carbocycles. The summed E-state index contributed by atoms with van der Waals surface area (Å²) in [6.07, 6.45) is 0.640. The lowest BCUT2D eigenvalue weighted by atomic mass is 10.0. The average molecular weight is 302 g/mol. The largest absolute Gasteiger partial charge is 0.507 e. The molecule has 3 rings (SSSR count). The Balaban J connectivity index is 1.82. The van der Waals surface area contributed by atoms with Crippen molar-refractivity contribution in [2.24, 2.45) is 10.2 Å². The predicted molar refractivity (Wildman–Crippen MR) is 89.5 cm³/mol. The second-order valence-electron chi connectivity index (χ2n) is 4.97. The van der Waals surface area contributed by atoms with E-state index < -0.39 is 0 Å². The maximum atomic E-state index is 10.9. The number of phenols is 1. The molecular weight excluding hydrogens is 288 g/mol. The third-order valence-corrected chi connectivity index (χ3v) is 3.39. The monoisotopic (exact) mass is 302 g/mol. The van der Waals surface area contributed by atoms with E-state index in [4.69, 9.17) is 0 Å². The number of hydrogen-bond donors (Lipinski definition) is 1. The molecule has 0 aliphatic carbocycles. The normalized spacial score (nSPS) is 10.8. The van der Waals surface area contributed by atoms with Crippen LogP contribution in [0, 0.1) is 0 Å². The standard InChI is InChI=1S/C19H14N2O2/c22-13-16-12-15(8-11-19(16)23)14-6-9-18(10-7-14)21-20-17-4-2-1-3-5-17/h1-13,23H. The molecule has 0 saturated heterocycles. The molecule has 112 valence electrons. The highest BCUT2D eigenvalue weighted by Crippen LogP contribution is 2.27. The van der Waals surface area contributed by atoms with Gasteiger partial charge in [0, 0.05) is 0 Å². The van der Waals surface area contributed by atoms with Crippen LogP contribution < -0.4 is 0 Å². The van der Waals surface area contributed by atoms with Crippen molar-refractivity contribution in [1.29, 1.82) is 0 Å². The topological polar surface area (TPSA) is 62.0 Å². The Hall–Kier alpha value is -3.27. The number of benzene rings is 3. The van der Waals surface area contributed by atoms with Crippen LogP contribution in [0.5, 0.6) is 5.75 Å². The maximum Gasteiger partial charge on any atom is 0.153 e. The number of carbonyl (C=O) groups is 1. The van der Waals surface area contributed by atoms with Crippen molar-refractivity contribution in [2.75, 3.05) is 0 Å². The fourth-order valence-corrected chi connectivity index (χ4v) is 2.16. The molecule has 0 atom stereocenters. The van der Waals surface area contributed by atoms with Crippen molar-refractivity contribution in [3.8, 4) is 16.9 Å². The van der Waals surface area contributed by atoms with Crippen LogP contribution in [0.4, 0.5) is 11.4 Å². The van der Waals surface area contributed by atoms with Crippen LogP contribution in [0.15, 0.2) is 83.0 Å². The molecule has 3 aromatic carbocycles. The third kappa shape index (κ3) is 3.49. The molecule has 3 aromatic rings. The minimum Gasteiger partial charge on any atom is -0.507 e. The van der Waals surface area contributed by atoms with Crippen molar-refractivity contribution in [3.05, 3.63) is 78.4 Å². The summed E-state index contributed by atoms with van der Waals surface area (Å²) in [5, 5.41) is 17.9. The minimum atomic E-state index is -0.0166. The first-order valence-corrected chi connectivity index (χ1v) is 7.12. The molecule has 23 heavy (non-hydrogen) atoms. The van der Waals surface area contributed by atoms with Crippen LogP contribution in [-0.4, -0.2) is 11.4 Å². The summed E-state index contributed by atoms with van der Waals surface area (Å²) in [6.45, 7) is 0. The molecule has 0 bridgehead atoms. The summed E-state index contributed by atoms with van der Waals surface area (Å²) in [6, 6.07) is 22.0. The van der Waals surface area contributed by atoms with Crippen LogP contribution >= 0.6 is 0 Å². The molecule has 0 heterocycles. The van der Waals surface area contributed by atoms with E-state index in [1.54, 1.807) is 12.1 Å². The first-order valence-electron chi connectivity index (χ1n) is 7.12. The van der Waals surface area contributed by atoms with Gasteiger partial charge in [-0.25, -0.2) is 0 Å². The predicted octanol–water partition coefficient (Wildman–Crippen LogP) is 5.29. The molecule has 0 amide bonds. The molecule has 0 spiro atoms. The molecular formula is C19H14N2O2. The van der Waals surface area contributed by atoms with E-state index in [1.807, 2.05) is 54.6 Å². The highest BCUT2D eigenvalue weighted by molar-refractivity contribution is 5.82. The molecule has 0 aliphatic rings. The van der Waals surface area contributed by atoms with Crippen LogP contribution in [-0.2, 0) is 0 Å². The van der Waals surface area contributed by atoms with E-state index in [0.717, 1.165) is 22.5 Å². The zero-order valence-electron chi connectivity index (χ0n) is 12.3. The quantitative estimate of drug-likeness (QED) is 0.526. The van der Waals surface area contributed by atoms with Crippen LogP contribution in [0.25, 0.3) is 11.1 Å². The summed E-state index contributed by atoms with van der Waals surface area (Å²) in [5.74, 6) is -0.0166. The average Bonchev–Trinajstić information content (AvgIpc) is 2.62. The highest BCUT2D eigenvalue weighted by atomic mass is 16.3. The van der Waals surface area contributed by atoms with Crippen LogP contribution in [0.2, 0.25) is 0 Å². The zero-order chi connectivity index (χ0) is 16.1. The number of azo groups is 1. The number of aromatic hydroxyl groups is 1. The van der Waals surface area contributed by atoms with E-state index >= 15 is 0 Å². The van der Waals surface area contributed by atoms with E-state index in [0.29, 0.717) is 6.29 Å². The summed E-state index contributed by atoms with van der Waals surface area (Å²) in [4.78, 5) is 10.9. The van der Waals surface area contributed by atoms with Gasteiger partial charge < -0.3 is 5.11 Å². The van der Waals surface area contributed by atoms with Gasteiger partial charge in [0.2, 0.25) is 0 Å². The fraction of sp³-hybridized carbons (Fsp3) is 0. The summed E-state index contributed by atoms with van der Waals surface area (Å²) in [5.41, 5.74) is 3.61. The van der Waals surface area contributed by atoms with Gasteiger partial charge >= 0.3 is 0 Å². The number of hydrogen-bond acceptors (Lipinski definition) is 4. The van der Waals surface area contributed by atoms with Crippen molar-refractivity contribution >= 4 is 17.7 Å². The van der Waals surface area contributed by atoms with E-state index in [2.05, 4.69) is 10.2 Å². The number of phenolic OH excluding ortho intramolecular Hbond substituents is 1. The van der Waals surface area contributed by atoms with Crippen molar-refractivity contribution in [1.82, 2.24) is 0 Å². The Labute approximate surface area is 133 Å². The Morgan fingerprint density at radius 1 is 0.739 bits per heavy atom. The Kier molecular flexibility index (Phi) is 4.25. The van der Waals surface area contributed by atoms with Gasteiger partial charge in [-0.2, -0.15) is 10.2 Å². The molecule has 0 aromatic heterocycles. The van der Waals surface area contributed by atoms with Crippen LogP contribution in [0.1, 0.15) is 10.4 Å². The fourth-order valence-electron chi connectivity index (χ4n) is 2.16. The number of carbonyl (C=O) groups excluding carboxylic acids is 1. The summed E-state index contributed by atoms with van der Waals surface area (Å²) >= 11 is 0. The first kappa shape index (κ1) is 14.7. The lowest BCUT2D eigenvalue weighted by Crippen LogP contribution is -1.84. The molecule has 0 fully saturated rings. The Bertz CT molecular complexity index is 841. The van der Waals surface area contributed by atoms with Crippen molar-refractivity contribution < 1.29 is 9.90 Å². The molecule has 0 unspecified atom stereocenters. The van der Waals surface area contributed by atoms with Crippen molar-refractivity contribution in [3.63, 3.8) is 0 Å². The Morgan fingerprint density at radius 3 is 2.00 bits per heavy atom. The van der Waals surface area contributed by atoms with Gasteiger partial charge in [-0.1, -0.05) is 36.4 Å². The highest BCUT2D eigenvalue weighted by Gasteiger charge is 2.03. The first-order chi connectivity index (χ1) is 11.3. The smallest absolute Gasteiger partial charge is 0.153 e. The Morgan fingerprint density at radius 2 is 1.35 bits per heavy atom. The molecule has 0 aliphatic heterocycles. The van der Waals surface area contributed by atoms with Crippen molar-refractivity contribution in [2.45, 2.75) is 0 Å². The minimum absolute atomic E-state index is 0.0166. The molecule has 1 N–H and O–H groups in total. The van der Waals surface area contributed by atoms with Gasteiger partial charge in [-0.3, -0.25) is 4.79 Å². The lowest BCUT2D eigenvalue weighted by Gasteiger charge is -2.04. The van der Waals surface area contributed by atoms with E-state index in [9.17, 15) is 9.90 Å². The summed E-state index contributed by atoms with van der Waals surface area (Å²) in [7, 11) is 0. The third-order valence-electron chi connectivity index (χ3n) is 3.39. The van der Waals surface area contributed by atoms with Crippen LogP contribution in [0.3, 0.4) is 0 Å². The second kappa shape index (κ2) is 6.66. The van der Waals surface area contributed by atoms with Gasteiger partial charge in [0.1, 0.15) is 5.75 Å². The molecule has 0 radical (unpaired) electrons.